The van der Waals surface area contributed by atoms with Gasteiger partial charge in [0.2, 0.25) is 0 Å². The quantitative estimate of drug-likeness (QED) is 0.448. The fraction of sp³-hybridized carbons (Fsp3) is 0.158. The van der Waals surface area contributed by atoms with Crippen LogP contribution in [0.25, 0.3) is 22.5 Å². The van der Waals surface area contributed by atoms with E-state index in [-0.39, 0.29) is 34.7 Å². The number of benzene rings is 1. The van der Waals surface area contributed by atoms with E-state index >= 15 is 0 Å². The van der Waals surface area contributed by atoms with Gasteiger partial charge in [-0.2, -0.15) is 18.3 Å². The fourth-order valence-electron chi connectivity index (χ4n) is 3.05. The lowest BCUT2D eigenvalue weighted by Crippen LogP contribution is -2.08. The molecule has 0 N–H and O–H groups in total. The first-order valence-electron chi connectivity index (χ1n) is 8.06. The summed E-state index contributed by atoms with van der Waals surface area (Å²) in [6, 6.07) is 11.2. The van der Waals surface area contributed by atoms with Crippen LogP contribution in [0.4, 0.5) is 13.2 Å². The standard InChI is InChI=1S/C19H13ClF3N3O/c1-11-17-14(19(21,22)23)9-15(16-6-3-7-27-16)24-18(17)26(25-11)10-12-4-2-5-13(20)8-12/h2-9H,10H2,1H3. The summed E-state index contributed by atoms with van der Waals surface area (Å²) < 4.78 is 47.8. The zero-order chi connectivity index (χ0) is 19.2. The van der Waals surface area contributed by atoms with Gasteiger partial charge in [-0.1, -0.05) is 23.7 Å². The zero-order valence-corrected chi connectivity index (χ0v) is 14.8. The highest BCUT2D eigenvalue weighted by Crippen LogP contribution is 2.38. The van der Waals surface area contributed by atoms with Gasteiger partial charge in [-0.25, -0.2) is 9.67 Å². The molecule has 4 aromatic rings. The summed E-state index contributed by atoms with van der Waals surface area (Å²) >= 11 is 6.01. The van der Waals surface area contributed by atoms with E-state index in [0.29, 0.717) is 5.02 Å². The Bertz CT molecular complexity index is 1120. The molecule has 0 atom stereocenters. The average molecular weight is 392 g/mol. The number of hydrogen-bond donors (Lipinski definition) is 0. The first-order chi connectivity index (χ1) is 12.8. The van der Waals surface area contributed by atoms with Crippen LogP contribution in [0.5, 0.6) is 0 Å². The van der Waals surface area contributed by atoms with E-state index in [1.807, 2.05) is 6.07 Å². The second-order valence-electron chi connectivity index (χ2n) is 6.10. The molecule has 3 heterocycles. The molecule has 0 aliphatic carbocycles. The molecular weight excluding hydrogens is 379 g/mol. The number of aromatic nitrogens is 3. The maximum absolute atomic E-state index is 13.7. The highest BCUT2D eigenvalue weighted by molar-refractivity contribution is 6.30. The lowest BCUT2D eigenvalue weighted by molar-refractivity contribution is -0.136. The third kappa shape index (κ3) is 3.30. The van der Waals surface area contributed by atoms with Crippen molar-refractivity contribution in [1.82, 2.24) is 14.8 Å². The van der Waals surface area contributed by atoms with Crippen molar-refractivity contribution in [1.29, 1.82) is 0 Å². The lowest BCUT2D eigenvalue weighted by atomic mass is 10.1. The Morgan fingerprint density at radius 3 is 2.63 bits per heavy atom. The summed E-state index contributed by atoms with van der Waals surface area (Å²) in [6.45, 7) is 1.79. The van der Waals surface area contributed by atoms with Gasteiger partial charge in [0, 0.05) is 5.02 Å². The molecule has 1 aromatic carbocycles. The molecular formula is C19H13ClF3N3O. The Labute approximate surface area is 157 Å². The summed E-state index contributed by atoms with van der Waals surface area (Å²) in [5, 5.41) is 4.82. The van der Waals surface area contributed by atoms with Crippen LogP contribution in [0.1, 0.15) is 16.8 Å². The number of pyridine rings is 1. The molecule has 0 amide bonds. The Morgan fingerprint density at radius 1 is 1.15 bits per heavy atom. The highest BCUT2D eigenvalue weighted by Gasteiger charge is 2.36. The van der Waals surface area contributed by atoms with Gasteiger partial charge >= 0.3 is 6.18 Å². The molecule has 0 saturated carbocycles. The van der Waals surface area contributed by atoms with Crippen molar-refractivity contribution in [2.24, 2.45) is 0 Å². The minimum atomic E-state index is -4.54. The van der Waals surface area contributed by atoms with Crippen molar-refractivity contribution in [2.45, 2.75) is 19.6 Å². The van der Waals surface area contributed by atoms with Crippen LogP contribution in [0.15, 0.2) is 53.1 Å². The number of furan rings is 1. The number of nitrogens with zero attached hydrogens (tertiary/aromatic N) is 3. The third-order valence-corrected chi connectivity index (χ3v) is 4.41. The third-order valence-electron chi connectivity index (χ3n) is 4.18. The van der Waals surface area contributed by atoms with E-state index in [1.165, 1.54) is 10.9 Å². The molecule has 3 aromatic heterocycles. The van der Waals surface area contributed by atoms with Gasteiger partial charge < -0.3 is 4.42 Å². The monoisotopic (exact) mass is 391 g/mol. The molecule has 0 aliphatic rings. The first-order valence-corrected chi connectivity index (χ1v) is 8.44. The van der Waals surface area contributed by atoms with Crippen LogP contribution >= 0.6 is 11.6 Å². The summed E-state index contributed by atoms with van der Waals surface area (Å²) in [7, 11) is 0. The zero-order valence-electron chi connectivity index (χ0n) is 14.1. The molecule has 8 heteroatoms. The second kappa shape index (κ2) is 6.42. The minimum absolute atomic E-state index is 0.0140. The maximum Gasteiger partial charge on any atom is 0.417 e. The maximum atomic E-state index is 13.7. The van der Waals surface area contributed by atoms with E-state index in [1.54, 1.807) is 37.3 Å². The van der Waals surface area contributed by atoms with Crippen molar-refractivity contribution in [3.63, 3.8) is 0 Å². The van der Waals surface area contributed by atoms with E-state index in [4.69, 9.17) is 16.0 Å². The topological polar surface area (TPSA) is 43.9 Å². The minimum Gasteiger partial charge on any atom is -0.463 e. The van der Waals surface area contributed by atoms with Gasteiger partial charge in [-0.3, -0.25) is 0 Å². The van der Waals surface area contributed by atoms with Crippen molar-refractivity contribution in [3.05, 3.63) is 70.6 Å². The number of aryl methyl sites for hydroxylation is 1. The predicted octanol–water partition coefficient (Wildman–Crippen LogP) is 5.72. The second-order valence-corrected chi connectivity index (χ2v) is 6.54. The molecule has 0 fully saturated rings. The number of halogens is 4. The molecule has 0 radical (unpaired) electrons. The number of alkyl halides is 3. The smallest absolute Gasteiger partial charge is 0.417 e. The predicted molar refractivity (Wildman–Crippen MR) is 95.5 cm³/mol. The molecule has 0 saturated heterocycles. The van der Waals surface area contributed by atoms with Crippen LogP contribution in [-0.2, 0) is 12.7 Å². The Morgan fingerprint density at radius 2 is 1.96 bits per heavy atom. The largest absolute Gasteiger partial charge is 0.463 e. The van der Waals surface area contributed by atoms with E-state index in [9.17, 15) is 13.2 Å². The lowest BCUT2D eigenvalue weighted by Gasteiger charge is -2.11. The Kier molecular flexibility index (Phi) is 4.19. The normalized spacial score (nSPS) is 12.0. The van der Waals surface area contributed by atoms with Crippen molar-refractivity contribution < 1.29 is 17.6 Å². The number of fused-ring (bicyclic) bond motifs is 1. The van der Waals surface area contributed by atoms with Gasteiger partial charge in [0.1, 0.15) is 5.69 Å². The summed E-state index contributed by atoms with van der Waals surface area (Å²) in [5.41, 5.74) is 0.540. The van der Waals surface area contributed by atoms with E-state index < -0.39 is 11.7 Å². The first kappa shape index (κ1) is 17.6. The van der Waals surface area contributed by atoms with Crippen molar-refractivity contribution in [2.75, 3.05) is 0 Å². The van der Waals surface area contributed by atoms with Gasteiger partial charge in [-0.05, 0) is 42.8 Å². The van der Waals surface area contributed by atoms with Crippen molar-refractivity contribution in [3.8, 4) is 11.5 Å². The van der Waals surface area contributed by atoms with E-state index in [2.05, 4.69) is 10.1 Å². The molecule has 4 rings (SSSR count). The molecule has 4 nitrogen and oxygen atoms in total. The molecule has 0 aliphatic heterocycles. The van der Waals surface area contributed by atoms with Crippen LogP contribution in [0.3, 0.4) is 0 Å². The molecule has 0 bridgehead atoms. The van der Waals surface area contributed by atoms with Crippen LogP contribution in [0.2, 0.25) is 5.02 Å². The summed E-state index contributed by atoms with van der Waals surface area (Å²) in [5.74, 6) is 0.260. The summed E-state index contributed by atoms with van der Waals surface area (Å²) in [4.78, 5) is 4.40. The molecule has 138 valence electrons. The highest BCUT2D eigenvalue weighted by atomic mass is 35.5. The van der Waals surface area contributed by atoms with Crippen LogP contribution < -0.4 is 0 Å². The van der Waals surface area contributed by atoms with Crippen LogP contribution in [-0.4, -0.2) is 14.8 Å². The number of hydrogen-bond acceptors (Lipinski definition) is 3. The summed E-state index contributed by atoms with van der Waals surface area (Å²) in [6.07, 6.45) is -3.15. The van der Waals surface area contributed by atoms with Crippen molar-refractivity contribution >= 4 is 22.6 Å². The van der Waals surface area contributed by atoms with Gasteiger partial charge in [0.25, 0.3) is 0 Å². The number of rotatable bonds is 3. The molecule has 0 unspecified atom stereocenters. The Hall–Kier alpha value is -2.80. The van der Waals surface area contributed by atoms with E-state index in [0.717, 1.165) is 11.6 Å². The Balaban J connectivity index is 1.94. The van der Waals surface area contributed by atoms with Gasteiger partial charge in [-0.15, -0.1) is 0 Å². The average Bonchev–Trinajstić information content (AvgIpc) is 3.23. The molecule has 27 heavy (non-hydrogen) atoms. The fourth-order valence-corrected chi connectivity index (χ4v) is 3.26. The SMILES string of the molecule is Cc1nn(Cc2cccc(Cl)c2)c2nc(-c3ccco3)cc(C(F)(F)F)c12. The van der Waals surface area contributed by atoms with Gasteiger partial charge in [0.05, 0.1) is 29.5 Å². The van der Waals surface area contributed by atoms with Crippen LogP contribution in [0, 0.1) is 6.92 Å². The van der Waals surface area contributed by atoms with Gasteiger partial charge in [0.15, 0.2) is 11.4 Å². The molecule has 0 spiro atoms.